The topological polar surface area (TPSA) is 68.3 Å². The number of nitrogens with zero attached hydrogens (tertiary/aromatic N) is 1. The standard InChI is InChI=1S/C14H15ClN2O3/c1-8-6-12(10(3)20-8)9(2)16-11-4-5-14(17(18)19)13(15)7-11/h4-7,9,16H,1-3H3. The zero-order valence-electron chi connectivity index (χ0n) is 11.4. The van der Waals surface area contributed by atoms with E-state index in [0.717, 1.165) is 22.8 Å². The largest absolute Gasteiger partial charge is 0.466 e. The molecular weight excluding hydrogens is 280 g/mol. The van der Waals surface area contributed by atoms with Crippen LogP contribution in [-0.4, -0.2) is 4.92 Å². The number of hydrogen-bond donors (Lipinski definition) is 1. The summed E-state index contributed by atoms with van der Waals surface area (Å²) < 4.78 is 5.49. The highest BCUT2D eigenvalue weighted by atomic mass is 35.5. The summed E-state index contributed by atoms with van der Waals surface area (Å²) in [5, 5.41) is 14.1. The lowest BCUT2D eigenvalue weighted by atomic mass is 10.1. The molecule has 2 aromatic rings. The molecule has 0 fully saturated rings. The highest BCUT2D eigenvalue weighted by Gasteiger charge is 2.15. The van der Waals surface area contributed by atoms with Crippen LogP contribution in [0.5, 0.6) is 0 Å². The van der Waals surface area contributed by atoms with Gasteiger partial charge in [0.1, 0.15) is 16.5 Å². The van der Waals surface area contributed by atoms with Crippen LogP contribution in [0.15, 0.2) is 28.7 Å². The van der Waals surface area contributed by atoms with Crippen molar-refractivity contribution < 1.29 is 9.34 Å². The molecule has 20 heavy (non-hydrogen) atoms. The third kappa shape index (κ3) is 2.93. The zero-order chi connectivity index (χ0) is 14.9. The van der Waals surface area contributed by atoms with Crippen LogP contribution in [0.4, 0.5) is 11.4 Å². The Morgan fingerprint density at radius 2 is 2.05 bits per heavy atom. The Balaban J connectivity index is 2.20. The van der Waals surface area contributed by atoms with Gasteiger partial charge in [0.2, 0.25) is 0 Å². The molecule has 5 nitrogen and oxygen atoms in total. The maximum atomic E-state index is 10.7. The molecule has 1 heterocycles. The van der Waals surface area contributed by atoms with Crippen molar-refractivity contribution in [2.45, 2.75) is 26.8 Å². The predicted molar refractivity (Wildman–Crippen MR) is 78.3 cm³/mol. The molecule has 1 atom stereocenters. The Kier molecular flexibility index (Phi) is 3.99. The van der Waals surface area contributed by atoms with E-state index in [9.17, 15) is 10.1 Å². The number of anilines is 1. The Morgan fingerprint density at radius 3 is 2.55 bits per heavy atom. The minimum absolute atomic E-state index is 0.0185. The normalized spacial score (nSPS) is 12.2. The monoisotopic (exact) mass is 294 g/mol. The molecule has 0 radical (unpaired) electrons. The molecule has 106 valence electrons. The highest BCUT2D eigenvalue weighted by molar-refractivity contribution is 6.32. The van der Waals surface area contributed by atoms with Gasteiger partial charge in [0.05, 0.1) is 11.0 Å². The van der Waals surface area contributed by atoms with Gasteiger partial charge in [-0.15, -0.1) is 0 Å². The summed E-state index contributed by atoms with van der Waals surface area (Å²) in [6, 6.07) is 6.58. The van der Waals surface area contributed by atoms with Gasteiger partial charge in [0, 0.05) is 17.3 Å². The average Bonchev–Trinajstić information content (AvgIpc) is 2.68. The van der Waals surface area contributed by atoms with Gasteiger partial charge >= 0.3 is 0 Å². The second-order valence-corrected chi connectivity index (χ2v) is 5.07. The molecule has 0 aliphatic rings. The maximum Gasteiger partial charge on any atom is 0.288 e. The summed E-state index contributed by atoms with van der Waals surface area (Å²) in [5.74, 6) is 1.71. The number of nitro groups is 1. The SMILES string of the molecule is Cc1cc(C(C)Nc2ccc([N+](=O)[O-])c(Cl)c2)c(C)o1. The molecule has 0 amide bonds. The lowest BCUT2D eigenvalue weighted by Crippen LogP contribution is -2.07. The van der Waals surface area contributed by atoms with Gasteiger partial charge < -0.3 is 9.73 Å². The van der Waals surface area contributed by atoms with Crippen LogP contribution in [0.2, 0.25) is 5.02 Å². The van der Waals surface area contributed by atoms with E-state index in [0.29, 0.717) is 0 Å². The lowest BCUT2D eigenvalue weighted by Gasteiger charge is -2.14. The first kappa shape index (κ1) is 14.4. The van der Waals surface area contributed by atoms with Crippen molar-refractivity contribution >= 4 is 23.0 Å². The van der Waals surface area contributed by atoms with Crippen molar-refractivity contribution in [1.29, 1.82) is 0 Å². The first-order valence-electron chi connectivity index (χ1n) is 6.16. The van der Waals surface area contributed by atoms with Crippen LogP contribution in [0.25, 0.3) is 0 Å². The Bertz CT molecular complexity index is 652. The van der Waals surface area contributed by atoms with Crippen LogP contribution < -0.4 is 5.32 Å². The number of halogens is 1. The average molecular weight is 295 g/mol. The lowest BCUT2D eigenvalue weighted by molar-refractivity contribution is -0.384. The number of benzene rings is 1. The van der Waals surface area contributed by atoms with E-state index in [1.807, 2.05) is 26.8 Å². The van der Waals surface area contributed by atoms with E-state index >= 15 is 0 Å². The van der Waals surface area contributed by atoms with E-state index in [1.54, 1.807) is 12.1 Å². The van der Waals surface area contributed by atoms with Gasteiger partial charge in [0.25, 0.3) is 5.69 Å². The maximum absolute atomic E-state index is 10.7. The molecule has 6 heteroatoms. The number of rotatable bonds is 4. The molecular formula is C14H15ClN2O3. The Morgan fingerprint density at radius 1 is 1.35 bits per heavy atom. The summed E-state index contributed by atoms with van der Waals surface area (Å²) >= 11 is 5.89. The quantitative estimate of drug-likeness (QED) is 0.659. The van der Waals surface area contributed by atoms with E-state index < -0.39 is 4.92 Å². The third-order valence-corrected chi connectivity index (χ3v) is 3.38. The Labute approximate surface area is 121 Å². The minimum Gasteiger partial charge on any atom is -0.466 e. The van der Waals surface area contributed by atoms with Crippen LogP contribution in [0.3, 0.4) is 0 Å². The van der Waals surface area contributed by atoms with E-state index in [-0.39, 0.29) is 16.8 Å². The molecule has 0 aliphatic heterocycles. The Hall–Kier alpha value is -2.01. The van der Waals surface area contributed by atoms with Crippen molar-refractivity contribution in [2.75, 3.05) is 5.32 Å². The molecule has 0 spiro atoms. The summed E-state index contributed by atoms with van der Waals surface area (Å²) in [7, 11) is 0. The van der Waals surface area contributed by atoms with E-state index in [4.69, 9.17) is 16.0 Å². The molecule has 1 unspecified atom stereocenters. The molecule has 0 saturated heterocycles. The number of nitro benzene ring substituents is 1. The zero-order valence-corrected chi connectivity index (χ0v) is 12.2. The van der Waals surface area contributed by atoms with Gasteiger partial charge in [-0.05, 0) is 39.0 Å². The molecule has 1 N–H and O–H groups in total. The van der Waals surface area contributed by atoms with Crippen LogP contribution in [0.1, 0.15) is 30.0 Å². The number of aryl methyl sites for hydroxylation is 2. The van der Waals surface area contributed by atoms with Crippen LogP contribution in [0, 0.1) is 24.0 Å². The van der Waals surface area contributed by atoms with Crippen LogP contribution in [-0.2, 0) is 0 Å². The first-order valence-corrected chi connectivity index (χ1v) is 6.53. The fourth-order valence-electron chi connectivity index (χ4n) is 2.15. The second-order valence-electron chi connectivity index (χ2n) is 4.66. The fourth-order valence-corrected chi connectivity index (χ4v) is 2.40. The van der Waals surface area contributed by atoms with Gasteiger partial charge in [-0.1, -0.05) is 11.6 Å². The number of hydrogen-bond acceptors (Lipinski definition) is 4. The minimum atomic E-state index is -0.501. The van der Waals surface area contributed by atoms with Crippen molar-refractivity contribution in [3.63, 3.8) is 0 Å². The van der Waals surface area contributed by atoms with Gasteiger partial charge in [-0.25, -0.2) is 0 Å². The summed E-state index contributed by atoms with van der Waals surface area (Å²) in [6.45, 7) is 5.79. The van der Waals surface area contributed by atoms with Gasteiger partial charge in [-0.2, -0.15) is 0 Å². The third-order valence-electron chi connectivity index (χ3n) is 3.07. The molecule has 0 aliphatic carbocycles. The molecule has 0 saturated carbocycles. The van der Waals surface area contributed by atoms with Gasteiger partial charge in [-0.3, -0.25) is 10.1 Å². The molecule has 2 rings (SSSR count). The van der Waals surface area contributed by atoms with Gasteiger partial charge in [0.15, 0.2) is 0 Å². The highest BCUT2D eigenvalue weighted by Crippen LogP contribution is 2.30. The summed E-state index contributed by atoms with van der Waals surface area (Å²) in [5.41, 5.74) is 1.68. The summed E-state index contributed by atoms with van der Waals surface area (Å²) in [4.78, 5) is 10.2. The molecule has 1 aromatic heterocycles. The summed E-state index contributed by atoms with van der Waals surface area (Å²) in [6.07, 6.45) is 0. The fraction of sp³-hybridized carbons (Fsp3) is 0.286. The van der Waals surface area contributed by atoms with Crippen molar-refractivity contribution in [1.82, 2.24) is 0 Å². The van der Waals surface area contributed by atoms with Crippen molar-refractivity contribution in [2.24, 2.45) is 0 Å². The van der Waals surface area contributed by atoms with E-state index in [1.165, 1.54) is 6.07 Å². The van der Waals surface area contributed by atoms with Crippen molar-refractivity contribution in [3.05, 3.63) is 56.5 Å². The number of nitrogens with one attached hydrogen (secondary N) is 1. The smallest absolute Gasteiger partial charge is 0.288 e. The van der Waals surface area contributed by atoms with Crippen LogP contribution >= 0.6 is 11.6 Å². The van der Waals surface area contributed by atoms with Crippen molar-refractivity contribution in [3.8, 4) is 0 Å². The molecule has 1 aromatic carbocycles. The first-order chi connectivity index (χ1) is 9.38. The number of furan rings is 1. The van der Waals surface area contributed by atoms with E-state index in [2.05, 4.69) is 5.32 Å². The predicted octanol–water partition coefficient (Wildman–Crippen LogP) is 4.63. The molecule has 0 bridgehead atoms. The second kappa shape index (κ2) is 5.54.